The second-order valence-corrected chi connectivity index (χ2v) is 5.81. The molecule has 25 heavy (non-hydrogen) atoms. The normalized spacial score (nSPS) is 10.8. The Morgan fingerprint density at radius 3 is 2.48 bits per heavy atom. The van der Waals surface area contributed by atoms with Crippen LogP contribution in [0.4, 0.5) is 17.2 Å². The SMILES string of the molecule is NNc1ncc(N(c2ccc(C(=O)O)cc2)[SH](=O)=O)c2ncccc12. The van der Waals surface area contributed by atoms with Gasteiger partial charge in [-0.3, -0.25) is 4.98 Å². The van der Waals surface area contributed by atoms with Gasteiger partial charge in [-0.15, -0.1) is 0 Å². The number of carboxylic acids is 1. The maximum absolute atomic E-state index is 11.9. The number of carbonyl (C=O) groups is 1. The number of nitrogens with two attached hydrogens (primary N) is 1. The summed E-state index contributed by atoms with van der Waals surface area (Å²) < 4.78 is 24.8. The molecule has 4 N–H and O–H groups in total. The van der Waals surface area contributed by atoms with Crippen LogP contribution in [0, 0.1) is 0 Å². The molecule has 0 atom stereocenters. The Morgan fingerprint density at radius 2 is 1.88 bits per heavy atom. The van der Waals surface area contributed by atoms with Crippen molar-refractivity contribution in [3.63, 3.8) is 0 Å². The minimum atomic E-state index is -3.07. The van der Waals surface area contributed by atoms with Crippen LogP contribution in [0.25, 0.3) is 10.9 Å². The van der Waals surface area contributed by atoms with Gasteiger partial charge < -0.3 is 10.5 Å². The highest BCUT2D eigenvalue weighted by atomic mass is 32.2. The Labute approximate surface area is 143 Å². The maximum atomic E-state index is 11.9. The minimum absolute atomic E-state index is 0.0496. The molecular weight excluding hydrogens is 346 g/mol. The number of nitrogens with one attached hydrogen (secondary N) is 1. The largest absolute Gasteiger partial charge is 0.478 e. The highest BCUT2D eigenvalue weighted by molar-refractivity contribution is 7.74. The summed E-state index contributed by atoms with van der Waals surface area (Å²) in [6, 6.07) is 8.83. The van der Waals surface area contributed by atoms with Crippen LogP contribution in [-0.2, 0) is 10.9 Å². The van der Waals surface area contributed by atoms with Crippen LogP contribution in [0.2, 0.25) is 0 Å². The molecule has 0 fully saturated rings. The lowest BCUT2D eigenvalue weighted by Gasteiger charge is -2.19. The average Bonchev–Trinajstić information content (AvgIpc) is 2.62. The molecule has 0 saturated carbocycles. The van der Waals surface area contributed by atoms with Crippen molar-refractivity contribution in [2.75, 3.05) is 9.73 Å². The van der Waals surface area contributed by atoms with Gasteiger partial charge in [0.05, 0.1) is 17.4 Å². The first kappa shape index (κ1) is 16.6. The molecule has 3 rings (SSSR count). The monoisotopic (exact) mass is 359 g/mol. The van der Waals surface area contributed by atoms with Gasteiger partial charge in [0.1, 0.15) is 17.0 Å². The van der Waals surface area contributed by atoms with Gasteiger partial charge >= 0.3 is 5.97 Å². The zero-order valence-electron chi connectivity index (χ0n) is 12.7. The van der Waals surface area contributed by atoms with Crippen LogP contribution in [0.1, 0.15) is 10.4 Å². The summed E-state index contributed by atoms with van der Waals surface area (Å²) in [5.41, 5.74) is 3.37. The van der Waals surface area contributed by atoms with Crippen molar-refractivity contribution in [1.82, 2.24) is 9.97 Å². The number of carboxylic acid groups (broad SMARTS) is 1. The van der Waals surface area contributed by atoms with Gasteiger partial charge in [-0.1, -0.05) is 0 Å². The Kier molecular flexibility index (Phi) is 4.46. The number of hydrazine groups is 1. The Hall–Kier alpha value is -3.24. The van der Waals surface area contributed by atoms with Crippen LogP contribution in [-0.4, -0.2) is 29.5 Å². The molecule has 3 aromatic rings. The molecule has 0 aliphatic rings. The third-order valence-electron chi connectivity index (χ3n) is 3.51. The summed E-state index contributed by atoms with van der Waals surface area (Å²) in [6.07, 6.45) is 2.86. The Bertz CT molecular complexity index is 1010. The first-order chi connectivity index (χ1) is 12.0. The number of fused-ring (bicyclic) bond motifs is 1. The quantitative estimate of drug-likeness (QED) is 0.303. The first-order valence-electron chi connectivity index (χ1n) is 7.01. The molecule has 2 heterocycles. The summed E-state index contributed by atoms with van der Waals surface area (Å²) in [5.74, 6) is 4.68. The average molecular weight is 359 g/mol. The predicted octanol–water partition coefficient (Wildman–Crippen LogP) is 1.28. The van der Waals surface area contributed by atoms with Crippen molar-refractivity contribution in [1.29, 1.82) is 0 Å². The number of anilines is 3. The van der Waals surface area contributed by atoms with E-state index in [4.69, 9.17) is 10.9 Å². The summed E-state index contributed by atoms with van der Waals surface area (Å²) in [4.78, 5) is 19.3. The molecule has 10 heteroatoms. The summed E-state index contributed by atoms with van der Waals surface area (Å²) in [6.45, 7) is 0. The second kappa shape index (κ2) is 6.71. The molecular formula is C15H13N5O4S. The highest BCUT2D eigenvalue weighted by Crippen LogP contribution is 2.33. The fourth-order valence-corrected chi connectivity index (χ4v) is 3.04. The van der Waals surface area contributed by atoms with E-state index >= 15 is 0 Å². The van der Waals surface area contributed by atoms with Gasteiger partial charge in [0.2, 0.25) is 10.9 Å². The number of hydrogen-bond acceptors (Lipinski definition) is 7. The molecule has 0 amide bonds. The zero-order chi connectivity index (χ0) is 18.0. The number of hydrogen-bond donors (Lipinski definition) is 4. The molecule has 0 radical (unpaired) electrons. The number of rotatable bonds is 5. The van der Waals surface area contributed by atoms with E-state index in [1.54, 1.807) is 12.1 Å². The van der Waals surface area contributed by atoms with Crippen molar-refractivity contribution in [3.05, 3.63) is 54.4 Å². The fourth-order valence-electron chi connectivity index (χ4n) is 2.39. The van der Waals surface area contributed by atoms with Crippen LogP contribution >= 0.6 is 0 Å². The van der Waals surface area contributed by atoms with E-state index in [1.165, 1.54) is 36.7 Å². The van der Waals surface area contributed by atoms with Crippen LogP contribution in [0.15, 0.2) is 48.8 Å². The summed E-state index contributed by atoms with van der Waals surface area (Å²) >= 11 is 0. The van der Waals surface area contributed by atoms with Crippen molar-refractivity contribution in [2.45, 2.75) is 0 Å². The molecule has 0 saturated heterocycles. The third kappa shape index (κ3) is 3.07. The lowest BCUT2D eigenvalue weighted by atomic mass is 10.2. The number of nitrogen functional groups attached to an aromatic ring is 1. The molecule has 9 nitrogen and oxygen atoms in total. The highest BCUT2D eigenvalue weighted by Gasteiger charge is 2.18. The molecule has 0 aliphatic heterocycles. The van der Waals surface area contributed by atoms with E-state index in [1.807, 2.05) is 0 Å². The van der Waals surface area contributed by atoms with E-state index in [0.717, 1.165) is 4.31 Å². The number of aromatic carboxylic acids is 1. The summed E-state index contributed by atoms with van der Waals surface area (Å²) in [5, 5.41) is 9.52. The Morgan fingerprint density at radius 1 is 1.16 bits per heavy atom. The van der Waals surface area contributed by atoms with Crippen LogP contribution in [0.5, 0.6) is 0 Å². The molecule has 1 aromatic carbocycles. The van der Waals surface area contributed by atoms with Gasteiger partial charge in [-0.25, -0.2) is 28.3 Å². The van der Waals surface area contributed by atoms with Crippen molar-refractivity contribution in [2.24, 2.45) is 5.84 Å². The number of aromatic nitrogens is 2. The van der Waals surface area contributed by atoms with E-state index in [2.05, 4.69) is 15.4 Å². The standard InChI is InChI=1S/C15H13N5O4S/c16-19-14-11-2-1-7-17-13(11)12(8-18-14)20(25(23)24)10-5-3-9(4-6-10)15(21)22/h1-8,25H,16H2,(H,18,19)(H,21,22). The minimum Gasteiger partial charge on any atom is -0.478 e. The molecule has 0 bridgehead atoms. The molecule has 2 aromatic heterocycles. The summed E-state index contributed by atoms with van der Waals surface area (Å²) in [7, 11) is -3.07. The van der Waals surface area contributed by atoms with E-state index in [-0.39, 0.29) is 16.9 Å². The van der Waals surface area contributed by atoms with Gasteiger partial charge in [0.15, 0.2) is 0 Å². The topological polar surface area (TPSA) is 139 Å². The third-order valence-corrected chi connectivity index (χ3v) is 4.28. The lowest BCUT2D eigenvalue weighted by molar-refractivity contribution is 0.0697. The molecule has 128 valence electrons. The maximum Gasteiger partial charge on any atom is 0.335 e. The lowest BCUT2D eigenvalue weighted by Crippen LogP contribution is -2.17. The first-order valence-corrected chi connectivity index (χ1v) is 8.14. The number of nitrogens with zero attached hydrogens (tertiary/aromatic N) is 3. The Balaban J connectivity index is 2.20. The van der Waals surface area contributed by atoms with E-state index < -0.39 is 16.9 Å². The van der Waals surface area contributed by atoms with Crippen molar-refractivity contribution < 1.29 is 18.3 Å². The van der Waals surface area contributed by atoms with Gasteiger partial charge in [-0.05, 0) is 36.4 Å². The fraction of sp³-hybridized carbons (Fsp3) is 0. The van der Waals surface area contributed by atoms with Gasteiger partial charge in [0, 0.05) is 11.6 Å². The number of benzene rings is 1. The van der Waals surface area contributed by atoms with Gasteiger partial charge in [0.25, 0.3) is 0 Å². The van der Waals surface area contributed by atoms with Gasteiger partial charge in [-0.2, -0.15) is 0 Å². The predicted molar refractivity (Wildman–Crippen MR) is 93.2 cm³/mol. The van der Waals surface area contributed by atoms with Crippen molar-refractivity contribution in [3.8, 4) is 0 Å². The van der Waals surface area contributed by atoms with E-state index in [9.17, 15) is 13.2 Å². The van der Waals surface area contributed by atoms with Crippen molar-refractivity contribution >= 4 is 45.0 Å². The van der Waals surface area contributed by atoms with Crippen LogP contribution in [0.3, 0.4) is 0 Å². The molecule has 0 spiro atoms. The smallest absolute Gasteiger partial charge is 0.335 e. The zero-order valence-corrected chi connectivity index (χ0v) is 13.6. The molecule has 0 unspecified atom stereocenters. The van der Waals surface area contributed by atoms with E-state index in [0.29, 0.717) is 16.7 Å². The second-order valence-electron chi connectivity index (χ2n) is 4.94. The number of thiol groups is 1. The number of pyridine rings is 2. The van der Waals surface area contributed by atoms with Crippen LogP contribution < -0.4 is 15.6 Å². The molecule has 0 aliphatic carbocycles.